The predicted molar refractivity (Wildman–Crippen MR) is 226 cm³/mol. The Morgan fingerprint density at radius 1 is 0.828 bits per heavy atom. The number of imide groups is 1. The van der Waals surface area contributed by atoms with Gasteiger partial charge in [-0.15, -0.1) is 0 Å². The Morgan fingerprint density at radius 3 is 2.10 bits per heavy atom. The number of amides is 5. The van der Waals surface area contributed by atoms with Crippen LogP contribution in [0.3, 0.4) is 0 Å². The van der Waals surface area contributed by atoms with Crippen LogP contribution >= 0.6 is 0 Å². The average Bonchev–Trinajstić information content (AvgIpc) is 3.73. The van der Waals surface area contributed by atoms with Gasteiger partial charge in [0, 0.05) is 25.9 Å². The van der Waals surface area contributed by atoms with Crippen LogP contribution in [0.15, 0.2) is 60.7 Å². The highest BCUT2D eigenvalue weighted by Gasteiger charge is 2.45. The van der Waals surface area contributed by atoms with Crippen LogP contribution in [0.2, 0.25) is 0 Å². The van der Waals surface area contributed by atoms with Crippen LogP contribution in [-0.4, -0.2) is 102 Å². The highest BCUT2D eigenvalue weighted by molar-refractivity contribution is 6.05. The van der Waals surface area contributed by atoms with Gasteiger partial charge in [0.05, 0.1) is 17.9 Å². The fourth-order valence-corrected chi connectivity index (χ4v) is 8.23. The van der Waals surface area contributed by atoms with E-state index in [4.69, 9.17) is 22.6 Å². The summed E-state index contributed by atoms with van der Waals surface area (Å²) >= 11 is 0. The third-order valence-electron chi connectivity index (χ3n) is 11.5. The van der Waals surface area contributed by atoms with E-state index < -0.39 is 53.8 Å². The van der Waals surface area contributed by atoms with Crippen LogP contribution in [0, 0.1) is 11.3 Å². The van der Waals surface area contributed by atoms with Crippen molar-refractivity contribution in [2.75, 3.05) is 26.7 Å². The zero-order chi connectivity index (χ0) is 41.9. The Morgan fingerprint density at radius 2 is 1.48 bits per heavy atom. The lowest BCUT2D eigenvalue weighted by Crippen LogP contribution is -2.62. The molecule has 2 aromatic carbocycles. The number of unbranched alkanes of at least 4 members (excludes halogenated alkanes) is 2. The Bertz CT molecular complexity index is 1620. The summed E-state index contributed by atoms with van der Waals surface area (Å²) in [5.41, 5.74) is 19.8. The van der Waals surface area contributed by atoms with E-state index in [0.717, 1.165) is 48.1 Å². The van der Waals surface area contributed by atoms with Crippen molar-refractivity contribution in [3.63, 3.8) is 0 Å². The summed E-state index contributed by atoms with van der Waals surface area (Å²) in [5.74, 6) is -2.23. The molecule has 2 fully saturated rings. The van der Waals surface area contributed by atoms with Gasteiger partial charge in [-0.3, -0.25) is 34.3 Å². The van der Waals surface area contributed by atoms with Crippen molar-refractivity contribution >= 4 is 35.4 Å². The van der Waals surface area contributed by atoms with Gasteiger partial charge in [-0.2, -0.15) is 0 Å². The molecule has 5 atom stereocenters. The number of hydrogen-bond donors (Lipinski definition) is 7. The molecule has 0 radical (unpaired) electrons. The summed E-state index contributed by atoms with van der Waals surface area (Å²) in [6.45, 7) is 0.935. The van der Waals surface area contributed by atoms with Gasteiger partial charge < -0.3 is 38.1 Å². The van der Waals surface area contributed by atoms with Crippen LogP contribution in [0.4, 0.5) is 0 Å². The largest absolute Gasteiger partial charge is 0.388 e. The van der Waals surface area contributed by atoms with Gasteiger partial charge in [-0.1, -0.05) is 92.8 Å². The van der Waals surface area contributed by atoms with E-state index >= 15 is 4.79 Å². The Labute approximate surface area is 344 Å². The minimum absolute atomic E-state index is 0.0546. The van der Waals surface area contributed by atoms with Crippen LogP contribution in [0.1, 0.15) is 101 Å². The second-order valence-corrected chi connectivity index (χ2v) is 15.9. The summed E-state index contributed by atoms with van der Waals surface area (Å²) < 4.78 is 0. The first-order valence-electron chi connectivity index (χ1n) is 21.3. The average molecular weight is 802 g/mol. The zero-order valence-electron chi connectivity index (χ0n) is 34.3. The normalized spacial score (nSPS) is 17.8. The summed E-state index contributed by atoms with van der Waals surface area (Å²) in [7, 11) is 1.70. The highest BCUT2D eigenvalue weighted by Crippen LogP contribution is 2.29. The maximum absolute atomic E-state index is 15.1. The molecule has 14 heteroatoms. The molecule has 1 aliphatic carbocycles. The van der Waals surface area contributed by atoms with Gasteiger partial charge in [0.2, 0.25) is 23.6 Å². The molecule has 58 heavy (non-hydrogen) atoms. The van der Waals surface area contributed by atoms with Crippen molar-refractivity contribution in [1.82, 2.24) is 25.8 Å². The lowest BCUT2D eigenvalue weighted by Gasteiger charge is -2.37. The molecule has 4 rings (SSSR count). The number of likely N-dealkylation sites (N-methyl/N-ethyl adjacent to an activating group) is 1. The first kappa shape index (κ1) is 46.0. The maximum atomic E-state index is 15.1. The van der Waals surface area contributed by atoms with Crippen molar-refractivity contribution in [2.45, 2.75) is 133 Å². The molecule has 2 aromatic rings. The first-order chi connectivity index (χ1) is 28.0. The van der Waals surface area contributed by atoms with Gasteiger partial charge in [-0.25, -0.2) is 0 Å². The van der Waals surface area contributed by atoms with E-state index in [9.17, 15) is 19.2 Å². The highest BCUT2D eigenvalue weighted by atomic mass is 16.2. The van der Waals surface area contributed by atoms with Crippen molar-refractivity contribution < 1.29 is 24.0 Å². The van der Waals surface area contributed by atoms with E-state index in [1.165, 1.54) is 4.90 Å². The molecular weight excluding hydrogens is 735 g/mol. The molecule has 10 N–H and O–H groups in total. The number of hydrogen-bond acceptors (Lipinski definition) is 9. The quantitative estimate of drug-likeness (QED) is 0.0497. The number of carbonyl (C=O) groups excluding carboxylic acids is 5. The van der Waals surface area contributed by atoms with E-state index in [-0.39, 0.29) is 43.6 Å². The fourth-order valence-electron chi connectivity index (χ4n) is 8.23. The molecule has 5 amide bonds. The molecular formula is C44H67N9O5. The number of nitrogens with one attached hydrogen (secondary N) is 4. The van der Waals surface area contributed by atoms with Gasteiger partial charge in [0.15, 0.2) is 0 Å². The molecule has 0 bridgehead atoms. The number of rotatable bonds is 23. The van der Waals surface area contributed by atoms with E-state index in [1.54, 1.807) is 7.05 Å². The van der Waals surface area contributed by atoms with Crippen molar-refractivity contribution in [2.24, 2.45) is 23.1 Å². The summed E-state index contributed by atoms with van der Waals surface area (Å²) in [6, 6.07) is 14.0. The van der Waals surface area contributed by atoms with Crippen LogP contribution in [0.5, 0.6) is 0 Å². The van der Waals surface area contributed by atoms with Gasteiger partial charge in [0.25, 0.3) is 5.91 Å². The number of benzene rings is 2. The zero-order valence-corrected chi connectivity index (χ0v) is 34.3. The molecule has 1 saturated heterocycles. The van der Waals surface area contributed by atoms with Gasteiger partial charge >= 0.3 is 0 Å². The molecule has 0 aromatic heterocycles. The van der Waals surface area contributed by atoms with Gasteiger partial charge in [-0.05, 0) is 88.4 Å². The monoisotopic (exact) mass is 802 g/mol. The minimum Gasteiger partial charge on any atom is -0.388 e. The van der Waals surface area contributed by atoms with E-state index in [2.05, 4.69) is 16.0 Å². The first-order valence-corrected chi connectivity index (χ1v) is 21.3. The Kier molecular flexibility index (Phi) is 19.3. The second-order valence-electron chi connectivity index (χ2n) is 15.9. The van der Waals surface area contributed by atoms with Crippen molar-refractivity contribution in [3.8, 4) is 0 Å². The standard InChI is InChI=1S/C44H67N9O5/c1-49-36(29-32-18-7-3-8-19-32)40(54)51-35(22-11-13-25-45)43(57)52-27-15-23-37(52)44(58)53(42(56)34(46)28-31-16-5-2-6-17-31)38(30-33-20-9-4-10-21-33)41(55)50-26-14-12-24-39(47)48/h3-4,7-10,18-21,31,34-38,49H,2,5-6,11-17,22-30,45-46H2,1H3,(H3,47,48)(H,50,55)(H,51,54)/t34-,35+,36+,37+,38+/m1/s1. The molecule has 1 heterocycles. The third-order valence-corrected chi connectivity index (χ3v) is 11.5. The third kappa shape index (κ3) is 14.0. The van der Waals surface area contributed by atoms with Crippen molar-refractivity contribution in [3.05, 3.63) is 71.8 Å². The maximum Gasteiger partial charge on any atom is 0.252 e. The molecule has 0 unspecified atom stereocenters. The lowest BCUT2D eigenvalue weighted by atomic mass is 9.84. The summed E-state index contributed by atoms with van der Waals surface area (Å²) in [4.78, 5) is 74.8. The topological polar surface area (TPSA) is 230 Å². The lowest BCUT2D eigenvalue weighted by molar-refractivity contribution is -0.158. The summed E-state index contributed by atoms with van der Waals surface area (Å²) in [5, 5.41) is 16.5. The molecule has 2 aliphatic rings. The predicted octanol–water partition coefficient (Wildman–Crippen LogP) is 2.91. The Balaban J connectivity index is 1.64. The minimum atomic E-state index is -1.24. The smallest absolute Gasteiger partial charge is 0.252 e. The number of amidine groups is 1. The van der Waals surface area contributed by atoms with Crippen molar-refractivity contribution in [1.29, 1.82) is 5.41 Å². The fraction of sp³-hybridized carbons (Fsp3) is 0.591. The number of carbonyl (C=O) groups is 5. The number of nitrogens with zero attached hydrogens (tertiary/aromatic N) is 2. The summed E-state index contributed by atoms with van der Waals surface area (Å²) in [6.07, 6.45) is 9.88. The second kappa shape index (κ2) is 24.3. The number of likely N-dealkylation sites (tertiary alicyclic amines) is 1. The molecule has 318 valence electrons. The van der Waals surface area contributed by atoms with E-state index in [0.29, 0.717) is 64.3 Å². The Hall–Kier alpha value is -4.66. The van der Waals surface area contributed by atoms with Crippen LogP contribution in [-0.2, 0) is 36.8 Å². The van der Waals surface area contributed by atoms with Crippen LogP contribution in [0.25, 0.3) is 0 Å². The van der Waals surface area contributed by atoms with E-state index in [1.807, 2.05) is 60.7 Å². The SMILES string of the molecule is CN[C@@H](Cc1ccccc1)C(=O)N[C@@H](CCCCN)C(=O)N1CCC[C@H]1C(=O)N(C(=O)[C@H](N)CC1CCCCC1)[C@@H](Cc1ccccc1)C(=O)NCCCCC(=N)N. The molecule has 1 saturated carbocycles. The molecule has 1 aliphatic heterocycles. The molecule has 14 nitrogen and oxygen atoms in total. The molecule has 0 spiro atoms. The number of nitrogens with two attached hydrogens (primary N) is 3. The van der Waals surface area contributed by atoms with Gasteiger partial charge in [0.1, 0.15) is 18.1 Å². The van der Waals surface area contributed by atoms with Crippen LogP contribution < -0.4 is 33.2 Å².